The van der Waals surface area contributed by atoms with Gasteiger partial charge < -0.3 is 15.1 Å². The first-order valence-corrected chi connectivity index (χ1v) is 7.57. The van der Waals surface area contributed by atoms with Gasteiger partial charge in [-0.05, 0) is 19.2 Å². The highest BCUT2D eigenvalue weighted by Crippen LogP contribution is 2.09. The topological polar surface area (TPSA) is 110 Å². The summed E-state index contributed by atoms with van der Waals surface area (Å²) in [7, 11) is -0.0127. The molecule has 9 heteroatoms. The molecule has 0 amide bonds. The smallest absolute Gasteiger partial charge is 0.242 e. The number of anilines is 1. The Morgan fingerprint density at radius 1 is 1.40 bits per heavy atom. The average molecular weight is 303 g/mol. The van der Waals surface area contributed by atoms with Crippen molar-refractivity contribution in [1.82, 2.24) is 14.6 Å². The number of hydrogen-bond acceptors (Lipinski definition) is 7. The lowest BCUT2D eigenvalue weighted by molar-refractivity contribution is 0.162. The molecule has 0 saturated carbocycles. The Labute approximate surface area is 119 Å². The highest BCUT2D eigenvalue weighted by atomic mass is 32.2. The third-order valence-electron chi connectivity index (χ3n) is 2.66. The highest BCUT2D eigenvalue weighted by molar-refractivity contribution is 7.89. The van der Waals surface area contributed by atoms with Gasteiger partial charge >= 0.3 is 0 Å². The summed E-state index contributed by atoms with van der Waals surface area (Å²) < 4.78 is 31.4. The average Bonchev–Trinajstić information content (AvgIpc) is 2.45. The van der Waals surface area contributed by atoms with Crippen LogP contribution in [0.4, 0.5) is 5.82 Å². The summed E-state index contributed by atoms with van der Waals surface area (Å²) >= 11 is 0. The SMILES string of the molecule is COCCN(C)CCNS(=O)(=O)c1ccc(NN)nc1. The molecule has 0 unspecified atom stereocenters. The fraction of sp³-hybridized carbons (Fsp3) is 0.545. The van der Waals surface area contributed by atoms with Gasteiger partial charge in [0.15, 0.2) is 0 Å². The van der Waals surface area contributed by atoms with Crippen molar-refractivity contribution in [3.05, 3.63) is 18.3 Å². The zero-order valence-electron chi connectivity index (χ0n) is 11.7. The first kappa shape index (κ1) is 16.8. The molecule has 4 N–H and O–H groups in total. The number of methoxy groups -OCH3 is 1. The van der Waals surface area contributed by atoms with E-state index in [1.807, 2.05) is 11.9 Å². The fourth-order valence-electron chi connectivity index (χ4n) is 1.44. The zero-order chi connectivity index (χ0) is 15.0. The molecule has 1 aromatic rings. The Hall–Kier alpha value is -1.26. The quantitative estimate of drug-likeness (QED) is 0.405. The minimum Gasteiger partial charge on any atom is -0.383 e. The number of pyridine rings is 1. The van der Waals surface area contributed by atoms with Crippen molar-refractivity contribution in [3.8, 4) is 0 Å². The van der Waals surface area contributed by atoms with Gasteiger partial charge in [0.25, 0.3) is 0 Å². The molecule has 0 spiro atoms. The summed E-state index contributed by atoms with van der Waals surface area (Å²) in [6.45, 7) is 2.27. The van der Waals surface area contributed by atoms with Crippen LogP contribution in [0.5, 0.6) is 0 Å². The van der Waals surface area contributed by atoms with Crippen LogP contribution in [0.3, 0.4) is 0 Å². The maximum atomic E-state index is 12.0. The van der Waals surface area contributed by atoms with Gasteiger partial charge in [0.1, 0.15) is 10.7 Å². The Morgan fingerprint density at radius 2 is 2.15 bits per heavy atom. The van der Waals surface area contributed by atoms with E-state index in [4.69, 9.17) is 10.6 Å². The summed E-state index contributed by atoms with van der Waals surface area (Å²) in [6.07, 6.45) is 1.26. The maximum absolute atomic E-state index is 12.0. The van der Waals surface area contributed by atoms with E-state index < -0.39 is 10.0 Å². The number of aromatic nitrogens is 1. The molecule has 1 heterocycles. The number of ether oxygens (including phenoxy) is 1. The molecular weight excluding hydrogens is 282 g/mol. The predicted octanol–water partition coefficient (Wildman–Crippen LogP) is -0.776. The summed E-state index contributed by atoms with van der Waals surface area (Å²) in [5.41, 5.74) is 2.34. The van der Waals surface area contributed by atoms with E-state index in [2.05, 4.69) is 15.1 Å². The van der Waals surface area contributed by atoms with Crippen LogP contribution in [-0.4, -0.2) is 58.7 Å². The molecular formula is C11H21N5O3S. The summed E-state index contributed by atoms with van der Waals surface area (Å²) in [5.74, 6) is 5.57. The molecule has 114 valence electrons. The third-order valence-corrected chi connectivity index (χ3v) is 4.10. The molecule has 1 rings (SSSR count). The number of likely N-dealkylation sites (N-methyl/N-ethyl adjacent to an activating group) is 1. The molecule has 0 aliphatic carbocycles. The predicted molar refractivity (Wildman–Crippen MR) is 76.6 cm³/mol. The molecule has 0 aromatic carbocycles. The van der Waals surface area contributed by atoms with E-state index in [-0.39, 0.29) is 4.90 Å². The van der Waals surface area contributed by atoms with Gasteiger partial charge in [0.2, 0.25) is 10.0 Å². The molecule has 0 atom stereocenters. The van der Waals surface area contributed by atoms with Crippen LogP contribution >= 0.6 is 0 Å². The van der Waals surface area contributed by atoms with Gasteiger partial charge in [-0.25, -0.2) is 24.0 Å². The second kappa shape index (κ2) is 8.12. The van der Waals surface area contributed by atoms with Gasteiger partial charge in [-0.2, -0.15) is 0 Å². The Kier molecular flexibility index (Phi) is 6.82. The van der Waals surface area contributed by atoms with Crippen molar-refractivity contribution in [2.24, 2.45) is 5.84 Å². The second-order valence-electron chi connectivity index (χ2n) is 4.22. The van der Waals surface area contributed by atoms with Gasteiger partial charge in [0.05, 0.1) is 6.61 Å². The minimum absolute atomic E-state index is 0.107. The third kappa shape index (κ3) is 5.39. The van der Waals surface area contributed by atoms with Crippen LogP contribution < -0.4 is 16.0 Å². The number of nitrogens with zero attached hydrogens (tertiary/aromatic N) is 2. The van der Waals surface area contributed by atoms with Crippen molar-refractivity contribution < 1.29 is 13.2 Å². The first-order valence-electron chi connectivity index (χ1n) is 6.09. The van der Waals surface area contributed by atoms with E-state index in [0.29, 0.717) is 25.5 Å². The molecule has 8 nitrogen and oxygen atoms in total. The maximum Gasteiger partial charge on any atom is 0.242 e. The van der Waals surface area contributed by atoms with Crippen LogP contribution in [-0.2, 0) is 14.8 Å². The lowest BCUT2D eigenvalue weighted by Gasteiger charge is -2.16. The molecule has 0 aliphatic rings. The number of nitrogen functional groups attached to an aromatic ring is 1. The van der Waals surface area contributed by atoms with Gasteiger partial charge in [0, 0.05) is 32.9 Å². The van der Waals surface area contributed by atoms with Crippen molar-refractivity contribution in [1.29, 1.82) is 0 Å². The Balaban J connectivity index is 2.48. The fourth-order valence-corrected chi connectivity index (χ4v) is 2.40. The summed E-state index contributed by atoms with van der Waals surface area (Å²) in [4.78, 5) is 5.95. The van der Waals surface area contributed by atoms with Crippen LogP contribution in [0.1, 0.15) is 0 Å². The Morgan fingerprint density at radius 3 is 2.70 bits per heavy atom. The van der Waals surface area contributed by atoms with Crippen LogP contribution in [0.25, 0.3) is 0 Å². The Bertz CT molecular complexity index is 491. The molecule has 20 heavy (non-hydrogen) atoms. The van der Waals surface area contributed by atoms with Crippen molar-refractivity contribution in [2.75, 3.05) is 45.8 Å². The zero-order valence-corrected chi connectivity index (χ0v) is 12.5. The van der Waals surface area contributed by atoms with E-state index in [9.17, 15) is 8.42 Å². The standard InChI is InChI=1S/C11H21N5O3S/c1-16(7-8-19-2)6-5-14-20(17,18)10-3-4-11(15-12)13-9-10/h3-4,9,14H,5-8,12H2,1-2H3,(H,13,15). The van der Waals surface area contributed by atoms with Crippen LogP contribution in [0.15, 0.2) is 23.2 Å². The minimum atomic E-state index is -3.54. The summed E-state index contributed by atoms with van der Waals surface area (Å²) in [5, 5.41) is 0. The van der Waals surface area contributed by atoms with Crippen LogP contribution in [0.2, 0.25) is 0 Å². The van der Waals surface area contributed by atoms with Gasteiger partial charge in [-0.3, -0.25) is 0 Å². The van der Waals surface area contributed by atoms with Crippen molar-refractivity contribution >= 4 is 15.8 Å². The van der Waals surface area contributed by atoms with E-state index in [0.717, 1.165) is 6.54 Å². The molecule has 1 aromatic heterocycles. The largest absolute Gasteiger partial charge is 0.383 e. The molecule has 0 fully saturated rings. The molecule has 0 aliphatic heterocycles. The number of sulfonamides is 1. The first-order chi connectivity index (χ1) is 9.49. The normalized spacial score (nSPS) is 11.8. The van der Waals surface area contributed by atoms with Crippen molar-refractivity contribution in [2.45, 2.75) is 4.90 Å². The van der Waals surface area contributed by atoms with Gasteiger partial charge in [-0.1, -0.05) is 0 Å². The number of nitrogens with one attached hydrogen (secondary N) is 2. The van der Waals surface area contributed by atoms with Crippen LogP contribution in [0, 0.1) is 0 Å². The number of hydrazine groups is 1. The number of nitrogens with two attached hydrogens (primary N) is 1. The lowest BCUT2D eigenvalue weighted by atomic mass is 10.5. The van der Waals surface area contributed by atoms with Crippen molar-refractivity contribution in [3.63, 3.8) is 0 Å². The lowest BCUT2D eigenvalue weighted by Crippen LogP contribution is -2.34. The number of rotatable bonds is 9. The molecule has 0 bridgehead atoms. The monoisotopic (exact) mass is 303 g/mol. The molecule has 0 radical (unpaired) electrons. The summed E-state index contributed by atoms with van der Waals surface area (Å²) in [6, 6.07) is 2.94. The second-order valence-corrected chi connectivity index (χ2v) is 5.98. The highest BCUT2D eigenvalue weighted by Gasteiger charge is 2.14. The van der Waals surface area contributed by atoms with E-state index in [1.54, 1.807) is 7.11 Å². The van der Waals surface area contributed by atoms with Gasteiger partial charge in [-0.15, -0.1) is 0 Å². The molecule has 0 saturated heterocycles. The van der Waals surface area contributed by atoms with E-state index in [1.165, 1.54) is 18.3 Å². The number of hydrogen-bond donors (Lipinski definition) is 3. The van der Waals surface area contributed by atoms with E-state index >= 15 is 0 Å².